The second kappa shape index (κ2) is 6.97. The second-order valence-electron chi connectivity index (χ2n) is 5.19. The van der Waals surface area contributed by atoms with Gasteiger partial charge in [-0.1, -0.05) is 15.9 Å². The highest BCUT2D eigenvalue weighted by atomic mass is 79.9. The van der Waals surface area contributed by atoms with Crippen molar-refractivity contribution in [1.82, 2.24) is 0 Å². The Morgan fingerprint density at radius 3 is 2.35 bits per heavy atom. The molecule has 4 nitrogen and oxygen atoms in total. The molecule has 0 spiro atoms. The smallest absolute Gasteiger partial charge is 0.347 e. The van der Waals surface area contributed by atoms with E-state index in [1.807, 2.05) is 26.0 Å². The lowest BCUT2D eigenvalue weighted by molar-refractivity contribution is -0.152. The van der Waals surface area contributed by atoms with Gasteiger partial charge in [-0.2, -0.15) is 0 Å². The van der Waals surface area contributed by atoms with Crippen molar-refractivity contribution in [2.75, 3.05) is 11.9 Å². The van der Waals surface area contributed by atoms with Gasteiger partial charge in [-0.25, -0.2) is 4.79 Å². The molecule has 0 fully saturated rings. The van der Waals surface area contributed by atoms with Crippen LogP contribution >= 0.6 is 15.9 Å². The number of carboxylic acid groups (broad SMARTS) is 1. The molecule has 1 rings (SSSR count). The number of alkyl halides is 1. The van der Waals surface area contributed by atoms with E-state index < -0.39 is 11.6 Å². The van der Waals surface area contributed by atoms with E-state index in [2.05, 4.69) is 15.9 Å². The van der Waals surface area contributed by atoms with Crippen molar-refractivity contribution in [3.63, 3.8) is 0 Å². The molecule has 0 aliphatic rings. The van der Waals surface area contributed by atoms with E-state index in [-0.39, 0.29) is 0 Å². The average molecular weight is 345 g/mol. The molecule has 1 aromatic rings. The van der Waals surface area contributed by atoms with Crippen LogP contribution < -0.4 is 9.47 Å². The molecule has 0 aromatic heterocycles. The molecule has 112 valence electrons. The molecule has 0 atom stereocenters. The third kappa shape index (κ3) is 4.40. The van der Waals surface area contributed by atoms with Gasteiger partial charge in [-0.05, 0) is 57.4 Å². The van der Waals surface area contributed by atoms with Crippen molar-refractivity contribution in [3.05, 3.63) is 23.3 Å². The Kier molecular flexibility index (Phi) is 5.87. The van der Waals surface area contributed by atoms with E-state index in [0.29, 0.717) is 12.4 Å². The van der Waals surface area contributed by atoms with Gasteiger partial charge in [0.25, 0.3) is 0 Å². The predicted molar refractivity (Wildman–Crippen MR) is 82.2 cm³/mol. The fraction of sp³-hybridized carbons (Fsp3) is 0.533. The van der Waals surface area contributed by atoms with Crippen LogP contribution in [0.2, 0.25) is 0 Å². The number of ether oxygens (including phenoxy) is 2. The summed E-state index contributed by atoms with van der Waals surface area (Å²) in [6, 6.07) is 3.71. The summed E-state index contributed by atoms with van der Waals surface area (Å²) in [5.41, 5.74) is 0.537. The maximum Gasteiger partial charge on any atom is 0.347 e. The first-order valence-corrected chi connectivity index (χ1v) is 7.62. The lowest BCUT2D eigenvalue weighted by Gasteiger charge is -2.23. The summed E-state index contributed by atoms with van der Waals surface area (Å²) in [5, 5.41) is 10.0. The van der Waals surface area contributed by atoms with Gasteiger partial charge in [-0.3, -0.25) is 0 Å². The molecule has 0 aliphatic carbocycles. The van der Waals surface area contributed by atoms with Crippen molar-refractivity contribution in [2.24, 2.45) is 0 Å². The Hall–Kier alpha value is -1.23. The number of benzene rings is 1. The zero-order valence-corrected chi connectivity index (χ0v) is 13.9. The van der Waals surface area contributed by atoms with Crippen molar-refractivity contribution in [1.29, 1.82) is 0 Å². The highest BCUT2D eigenvalue weighted by Crippen LogP contribution is 2.30. The van der Waals surface area contributed by atoms with Crippen LogP contribution in [0.4, 0.5) is 0 Å². The van der Waals surface area contributed by atoms with Crippen molar-refractivity contribution in [2.45, 2.75) is 39.7 Å². The Morgan fingerprint density at radius 2 is 1.80 bits per heavy atom. The maximum absolute atomic E-state index is 11.1. The Bertz CT molecular complexity index is 483. The summed E-state index contributed by atoms with van der Waals surface area (Å²) in [5.74, 6) is 0.388. The van der Waals surface area contributed by atoms with E-state index in [4.69, 9.17) is 14.6 Å². The fourth-order valence-electron chi connectivity index (χ4n) is 1.58. The van der Waals surface area contributed by atoms with Gasteiger partial charge in [0.15, 0.2) is 5.60 Å². The lowest BCUT2D eigenvalue weighted by Crippen LogP contribution is -2.38. The van der Waals surface area contributed by atoms with Crippen molar-refractivity contribution < 1.29 is 19.4 Å². The molecule has 0 aliphatic heterocycles. The molecule has 5 heteroatoms. The van der Waals surface area contributed by atoms with Gasteiger partial charge in [-0.15, -0.1) is 0 Å². The summed E-state index contributed by atoms with van der Waals surface area (Å²) in [4.78, 5) is 11.1. The van der Waals surface area contributed by atoms with Crippen LogP contribution in [-0.4, -0.2) is 28.6 Å². The van der Waals surface area contributed by atoms with Crippen LogP contribution in [0.25, 0.3) is 0 Å². The number of carbonyl (C=O) groups is 1. The molecule has 1 aromatic carbocycles. The summed E-state index contributed by atoms with van der Waals surface area (Å²) >= 11 is 3.36. The average Bonchev–Trinajstić information content (AvgIpc) is 2.34. The second-order valence-corrected chi connectivity index (χ2v) is 5.98. The van der Waals surface area contributed by atoms with Gasteiger partial charge in [0.1, 0.15) is 11.5 Å². The molecular weight excluding hydrogens is 324 g/mol. The molecule has 20 heavy (non-hydrogen) atoms. The highest BCUT2D eigenvalue weighted by molar-refractivity contribution is 9.09. The first kappa shape index (κ1) is 16.8. The number of hydrogen-bond acceptors (Lipinski definition) is 3. The normalized spacial score (nSPS) is 11.2. The van der Waals surface area contributed by atoms with Crippen molar-refractivity contribution in [3.8, 4) is 11.5 Å². The predicted octanol–water partition coefficient (Wildman–Crippen LogP) is 3.71. The number of carboxylic acids is 1. The highest BCUT2D eigenvalue weighted by Gasteiger charge is 2.30. The van der Waals surface area contributed by atoms with Crippen LogP contribution in [0.1, 0.15) is 31.4 Å². The molecule has 0 unspecified atom stereocenters. The lowest BCUT2D eigenvalue weighted by atomic mass is 10.1. The Labute approximate surface area is 128 Å². The molecule has 0 bridgehead atoms. The van der Waals surface area contributed by atoms with E-state index in [9.17, 15) is 4.79 Å². The molecule has 0 saturated heterocycles. The SMILES string of the molecule is Cc1cc(OC(C)(C)C(=O)O)c(C)cc1OCCCBr. The molecule has 0 saturated carbocycles. The first-order chi connectivity index (χ1) is 9.27. The Morgan fingerprint density at radius 1 is 1.25 bits per heavy atom. The maximum atomic E-state index is 11.1. The summed E-state index contributed by atoms with van der Waals surface area (Å²) in [7, 11) is 0. The van der Waals surface area contributed by atoms with E-state index in [1.54, 1.807) is 0 Å². The van der Waals surface area contributed by atoms with Crippen LogP contribution in [0.5, 0.6) is 11.5 Å². The van der Waals surface area contributed by atoms with Crippen molar-refractivity contribution >= 4 is 21.9 Å². The van der Waals surface area contributed by atoms with Gasteiger partial charge >= 0.3 is 5.97 Å². The topological polar surface area (TPSA) is 55.8 Å². The van der Waals surface area contributed by atoms with Crippen LogP contribution in [0.15, 0.2) is 12.1 Å². The van der Waals surface area contributed by atoms with Gasteiger partial charge < -0.3 is 14.6 Å². The molecule has 0 amide bonds. The minimum absolute atomic E-state index is 0.572. The van der Waals surface area contributed by atoms with E-state index >= 15 is 0 Å². The molecular formula is C15H21BrO4. The monoisotopic (exact) mass is 344 g/mol. The fourth-order valence-corrected chi connectivity index (χ4v) is 1.81. The van der Waals surface area contributed by atoms with E-state index in [1.165, 1.54) is 13.8 Å². The summed E-state index contributed by atoms with van der Waals surface area (Å²) < 4.78 is 11.3. The standard InChI is InChI=1S/C15H21BrO4/c1-10-9-13(20-15(3,4)14(17)18)11(2)8-12(10)19-7-5-6-16/h8-9H,5-7H2,1-4H3,(H,17,18). The first-order valence-electron chi connectivity index (χ1n) is 6.50. The minimum Gasteiger partial charge on any atom is -0.493 e. The number of halogens is 1. The summed E-state index contributed by atoms with van der Waals surface area (Å²) in [6.07, 6.45) is 0.933. The van der Waals surface area contributed by atoms with E-state index in [0.717, 1.165) is 28.6 Å². The zero-order valence-electron chi connectivity index (χ0n) is 12.3. The largest absolute Gasteiger partial charge is 0.493 e. The minimum atomic E-state index is -1.25. The number of hydrogen-bond donors (Lipinski definition) is 1. The quantitative estimate of drug-likeness (QED) is 0.605. The summed E-state index contributed by atoms with van der Waals surface area (Å²) in [6.45, 7) is 7.51. The van der Waals surface area contributed by atoms with Gasteiger partial charge in [0.05, 0.1) is 6.61 Å². The van der Waals surface area contributed by atoms with Crippen LogP contribution in [-0.2, 0) is 4.79 Å². The molecule has 0 radical (unpaired) electrons. The Balaban J connectivity index is 2.91. The molecule has 0 heterocycles. The zero-order chi connectivity index (χ0) is 15.3. The number of aryl methyl sites for hydroxylation is 2. The van der Waals surface area contributed by atoms with Crippen LogP contribution in [0, 0.1) is 13.8 Å². The third-order valence-electron chi connectivity index (χ3n) is 2.89. The van der Waals surface area contributed by atoms with Crippen LogP contribution in [0.3, 0.4) is 0 Å². The van der Waals surface area contributed by atoms with Gasteiger partial charge in [0, 0.05) is 5.33 Å². The third-order valence-corrected chi connectivity index (χ3v) is 3.45. The molecule has 1 N–H and O–H groups in total. The number of aliphatic carboxylic acids is 1. The number of rotatable bonds is 7. The van der Waals surface area contributed by atoms with Gasteiger partial charge in [0.2, 0.25) is 0 Å².